The van der Waals surface area contributed by atoms with Gasteiger partial charge in [-0.1, -0.05) is 46.4 Å². The summed E-state index contributed by atoms with van der Waals surface area (Å²) in [6, 6.07) is 3.61. The van der Waals surface area contributed by atoms with Crippen molar-refractivity contribution in [2.75, 3.05) is 11.9 Å². The fourth-order valence-corrected chi connectivity index (χ4v) is 2.29. The number of amides is 1. The molecule has 5 nitrogen and oxygen atoms in total. The van der Waals surface area contributed by atoms with Gasteiger partial charge in [-0.25, -0.2) is 14.2 Å². The lowest BCUT2D eigenvalue weighted by atomic mass is 10.3. The molecule has 0 saturated carbocycles. The predicted molar refractivity (Wildman–Crippen MR) is 89.6 cm³/mol. The molecule has 1 heterocycles. The molecule has 1 amide bonds. The number of nitrogens with one attached hydrogen (secondary N) is 1. The molecular formula is C14H7Cl4FN2O3. The van der Waals surface area contributed by atoms with E-state index in [0.29, 0.717) is 0 Å². The molecule has 1 aromatic heterocycles. The summed E-state index contributed by atoms with van der Waals surface area (Å²) in [6.45, 7) is -0.619. The molecule has 24 heavy (non-hydrogen) atoms. The molecule has 1 N–H and O–H groups in total. The summed E-state index contributed by atoms with van der Waals surface area (Å²) in [5.41, 5.74) is -0.0307. The molecule has 1 aromatic carbocycles. The van der Waals surface area contributed by atoms with Gasteiger partial charge in [0.25, 0.3) is 5.91 Å². The predicted octanol–water partition coefficient (Wildman–Crippen LogP) is 4.63. The fourth-order valence-electron chi connectivity index (χ4n) is 1.56. The minimum atomic E-state index is -0.953. The maximum absolute atomic E-state index is 13.0. The average molecular weight is 412 g/mol. The van der Waals surface area contributed by atoms with Crippen molar-refractivity contribution in [1.82, 2.24) is 4.98 Å². The number of halogens is 5. The van der Waals surface area contributed by atoms with Gasteiger partial charge in [-0.05, 0) is 18.2 Å². The van der Waals surface area contributed by atoms with Crippen LogP contribution >= 0.6 is 46.4 Å². The van der Waals surface area contributed by atoms with Crippen LogP contribution in [0.25, 0.3) is 0 Å². The SMILES string of the molecule is O=C(COC(=O)c1ncc(Cl)c(Cl)c1Cl)Nc1ccc(F)c(Cl)c1. The van der Waals surface area contributed by atoms with Crippen molar-refractivity contribution >= 4 is 64.0 Å². The third kappa shape index (κ3) is 4.48. The molecule has 0 atom stereocenters. The molecule has 0 aliphatic heterocycles. The van der Waals surface area contributed by atoms with Crippen molar-refractivity contribution in [3.8, 4) is 0 Å². The van der Waals surface area contributed by atoms with Gasteiger partial charge in [0.05, 0.1) is 20.1 Å². The van der Waals surface area contributed by atoms with Crippen LogP contribution in [-0.2, 0) is 9.53 Å². The number of esters is 1. The van der Waals surface area contributed by atoms with Gasteiger partial charge >= 0.3 is 5.97 Å². The van der Waals surface area contributed by atoms with Crippen LogP contribution in [0.5, 0.6) is 0 Å². The molecule has 0 fully saturated rings. The van der Waals surface area contributed by atoms with Crippen LogP contribution in [0.2, 0.25) is 20.1 Å². The molecule has 2 rings (SSSR count). The van der Waals surface area contributed by atoms with Gasteiger partial charge < -0.3 is 10.1 Å². The Balaban J connectivity index is 1.97. The lowest BCUT2D eigenvalue weighted by molar-refractivity contribution is -0.119. The number of anilines is 1. The van der Waals surface area contributed by atoms with E-state index in [2.05, 4.69) is 10.3 Å². The molecule has 0 saturated heterocycles. The Morgan fingerprint density at radius 3 is 2.50 bits per heavy atom. The fraction of sp³-hybridized carbons (Fsp3) is 0.0714. The van der Waals surface area contributed by atoms with E-state index >= 15 is 0 Å². The van der Waals surface area contributed by atoms with Gasteiger partial charge in [-0.3, -0.25) is 4.79 Å². The number of aromatic nitrogens is 1. The van der Waals surface area contributed by atoms with E-state index < -0.39 is 24.3 Å². The monoisotopic (exact) mass is 410 g/mol. The summed E-state index contributed by atoms with van der Waals surface area (Å²) in [6.07, 6.45) is 1.13. The van der Waals surface area contributed by atoms with E-state index in [9.17, 15) is 14.0 Å². The number of carbonyl (C=O) groups excluding carboxylic acids is 2. The van der Waals surface area contributed by atoms with Crippen LogP contribution in [-0.4, -0.2) is 23.5 Å². The Morgan fingerprint density at radius 1 is 1.12 bits per heavy atom. The van der Waals surface area contributed by atoms with E-state index in [0.717, 1.165) is 12.3 Å². The Kier molecular flexibility index (Phi) is 6.23. The minimum absolute atomic E-state index is 0.0503. The van der Waals surface area contributed by atoms with E-state index in [1.54, 1.807) is 0 Å². The standard InChI is InChI=1S/C14H7Cl4FN2O3/c15-7-3-6(1-2-9(7)19)21-10(22)5-24-14(23)13-12(18)11(17)8(16)4-20-13/h1-4H,5H2,(H,21,22). The lowest BCUT2D eigenvalue weighted by Gasteiger charge is -2.08. The first kappa shape index (κ1) is 18.7. The maximum Gasteiger partial charge on any atom is 0.359 e. The van der Waals surface area contributed by atoms with Gasteiger partial charge in [0.2, 0.25) is 0 Å². The number of pyridine rings is 1. The van der Waals surface area contributed by atoms with Gasteiger partial charge in [0.15, 0.2) is 12.3 Å². The van der Waals surface area contributed by atoms with Crippen LogP contribution in [0.4, 0.5) is 10.1 Å². The number of rotatable bonds is 4. The van der Waals surface area contributed by atoms with Crippen molar-refractivity contribution in [2.45, 2.75) is 0 Å². The average Bonchev–Trinajstić information content (AvgIpc) is 2.54. The van der Waals surface area contributed by atoms with Crippen molar-refractivity contribution in [3.63, 3.8) is 0 Å². The smallest absolute Gasteiger partial charge is 0.359 e. The van der Waals surface area contributed by atoms with Gasteiger partial charge in [-0.15, -0.1) is 0 Å². The third-order valence-corrected chi connectivity index (χ3v) is 4.18. The molecule has 10 heteroatoms. The quantitative estimate of drug-likeness (QED) is 0.744. The second kappa shape index (κ2) is 7.98. The number of carbonyl (C=O) groups is 2. The Hall–Kier alpha value is -1.60. The van der Waals surface area contributed by atoms with Crippen LogP contribution in [0, 0.1) is 5.82 Å². The molecule has 0 aliphatic rings. The zero-order chi connectivity index (χ0) is 17.9. The molecule has 0 radical (unpaired) electrons. The van der Waals surface area contributed by atoms with E-state index in [4.69, 9.17) is 51.1 Å². The summed E-state index contributed by atoms with van der Waals surface area (Å²) in [4.78, 5) is 27.3. The molecule has 126 valence electrons. The number of hydrogen-bond acceptors (Lipinski definition) is 4. The van der Waals surface area contributed by atoms with E-state index in [1.807, 2.05) is 0 Å². The Morgan fingerprint density at radius 2 is 1.83 bits per heavy atom. The lowest BCUT2D eigenvalue weighted by Crippen LogP contribution is -2.21. The molecule has 0 aliphatic carbocycles. The molecule has 0 bridgehead atoms. The first-order valence-electron chi connectivity index (χ1n) is 6.21. The Bertz CT molecular complexity index is 817. The van der Waals surface area contributed by atoms with Crippen LogP contribution in [0.1, 0.15) is 10.5 Å². The summed E-state index contributed by atoms with van der Waals surface area (Å²) in [5.74, 6) is -2.24. The summed E-state index contributed by atoms with van der Waals surface area (Å²) >= 11 is 22.9. The number of nitrogens with zero attached hydrogens (tertiary/aromatic N) is 1. The maximum atomic E-state index is 13.0. The first-order valence-corrected chi connectivity index (χ1v) is 7.72. The Labute approximate surface area is 155 Å². The highest BCUT2D eigenvalue weighted by molar-refractivity contribution is 6.48. The minimum Gasteiger partial charge on any atom is -0.451 e. The van der Waals surface area contributed by atoms with Crippen molar-refractivity contribution in [3.05, 3.63) is 56.0 Å². The molecule has 0 unspecified atom stereocenters. The van der Waals surface area contributed by atoms with Crippen molar-refractivity contribution in [2.24, 2.45) is 0 Å². The molecular weight excluding hydrogens is 405 g/mol. The number of hydrogen-bond donors (Lipinski definition) is 1. The zero-order valence-electron chi connectivity index (χ0n) is 11.6. The highest BCUT2D eigenvalue weighted by Crippen LogP contribution is 2.31. The second-order valence-electron chi connectivity index (χ2n) is 4.34. The first-order chi connectivity index (χ1) is 11.3. The van der Waals surface area contributed by atoms with Crippen molar-refractivity contribution in [1.29, 1.82) is 0 Å². The van der Waals surface area contributed by atoms with Crippen LogP contribution in [0.15, 0.2) is 24.4 Å². The van der Waals surface area contributed by atoms with Gasteiger partial charge in [-0.2, -0.15) is 0 Å². The van der Waals surface area contributed by atoms with Gasteiger partial charge in [0.1, 0.15) is 5.82 Å². The normalized spacial score (nSPS) is 10.4. The second-order valence-corrected chi connectivity index (χ2v) is 5.91. The highest BCUT2D eigenvalue weighted by Gasteiger charge is 2.19. The molecule has 2 aromatic rings. The topological polar surface area (TPSA) is 68.3 Å². The highest BCUT2D eigenvalue weighted by atomic mass is 35.5. The van der Waals surface area contributed by atoms with Crippen LogP contribution < -0.4 is 5.32 Å². The largest absolute Gasteiger partial charge is 0.451 e. The van der Waals surface area contributed by atoms with Crippen molar-refractivity contribution < 1.29 is 18.7 Å². The summed E-state index contributed by atoms with van der Waals surface area (Å²) < 4.78 is 17.8. The van der Waals surface area contributed by atoms with E-state index in [-0.39, 0.29) is 31.5 Å². The van der Waals surface area contributed by atoms with Crippen LogP contribution in [0.3, 0.4) is 0 Å². The zero-order valence-corrected chi connectivity index (χ0v) is 14.6. The number of benzene rings is 1. The molecule has 0 spiro atoms. The van der Waals surface area contributed by atoms with E-state index in [1.165, 1.54) is 12.1 Å². The third-order valence-electron chi connectivity index (χ3n) is 2.65. The summed E-state index contributed by atoms with van der Waals surface area (Å²) in [7, 11) is 0. The van der Waals surface area contributed by atoms with Gasteiger partial charge in [0, 0.05) is 11.9 Å². The summed E-state index contributed by atoms with van der Waals surface area (Å²) in [5, 5.41) is 2.07. The number of ether oxygens (including phenoxy) is 1.